The van der Waals surface area contributed by atoms with Crippen LogP contribution in [-0.4, -0.2) is 20.8 Å². The van der Waals surface area contributed by atoms with Gasteiger partial charge in [-0.2, -0.15) is 5.10 Å². The monoisotopic (exact) mass is 216 g/mol. The zero-order valence-corrected chi connectivity index (χ0v) is 9.81. The van der Waals surface area contributed by atoms with Crippen molar-refractivity contribution in [2.24, 2.45) is 0 Å². The molecule has 0 spiro atoms. The molecule has 0 aliphatic heterocycles. The highest BCUT2D eigenvalue weighted by Crippen LogP contribution is 2.16. The number of nitrogens with one attached hydrogen (secondary N) is 1. The Bertz CT molecular complexity index is 459. The molecule has 0 amide bonds. The zero-order chi connectivity index (χ0) is 11.5. The molecule has 0 radical (unpaired) electrons. The minimum absolute atomic E-state index is 0.408. The quantitative estimate of drug-likeness (QED) is 0.856. The number of aryl methyl sites for hydroxylation is 1. The first kappa shape index (κ1) is 10.7. The predicted octanol–water partition coefficient (Wildman–Crippen LogP) is 2.40. The highest BCUT2D eigenvalue weighted by molar-refractivity contribution is 5.48. The lowest BCUT2D eigenvalue weighted by atomic mass is 10.3. The van der Waals surface area contributed by atoms with Crippen LogP contribution in [0, 0.1) is 6.92 Å². The molecule has 4 nitrogen and oxygen atoms in total. The Morgan fingerprint density at radius 3 is 2.81 bits per heavy atom. The van der Waals surface area contributed by atoms with Gasteiger partial charge in [-0.1, -0.05) is 0 Å². The van der Waals surface area contributed by atoms with Crippen LogP contribution in [0.15, 0.2) is 30.7 Å². The first-order valence-corrected chi connectivity index (χ1v) is 5.40. The molecule has 0 aliphatic rings. The smallest absolute Gasteiger partial charge is 0.0829 e. The Morgan fingerprint density at radius 2 is 2.19 bits per heavy atom. The summed E-state index contributed by atoms with van der Waals surface area (Å²) in [5, 5.41) is 7.81. The lowest BCUT2D eigenvalue weighted by molar-refractivity contribution is 0.857. The molecule has 0 aromatic carbocycles. The van der Waals surface area contributed by atoms with Crippen LogP contribution in [0.2, 0.25) is 0 Å². The summed E-state index contributed by atoms with van der Waals surface area (Å²) in [6.45, 7) is 6.22. The summed E-state index contributed by atoms with van der Waals surface area (Å²) in [4.78, 5) is 4.08. The predicted molar refractivity (Wildman–Crippen MR) is 64.9 cm³/mol. The second-order valence-electron chi connectivity index (χ2n) is 4.08. The average Bonchev–Trinajstić information content (AvgIpc) is 2.61. The number of hydrogen-bond donors (Lipinski definition) is 1. The van der Waals surface area contributed by atoms with Gasteiger partial charge in [0.2, 0.25) is 0 Å². The van der Waals surface area contributed by atoms with Crippen LogP contribution < -0.4 is 5.32 Å². The van der Waals surface area contributed by atoms with Crippen molar-refractivity contribution in [3.8, 4) is 5.69 Å². The molecule has 4 heteroatoms. The molecule has 0 saturated heterocycles. The number of pyridine rings is 1. The van der Waals surface area contributed by atoms with Crippen LogP contribution in [0.4, 0.5) is 5.69 Å². The van der Waals surface area contributed by atoms with Gasteiger partial charge in [-0.15, -0.1) is 0 Å². The van der Waals surface area contributed by atoms with Gasteiger partial charge in [0.05, 0.1) is 29.5 Å². The fourth-order valence-electron chi connectivity index (χ4n) is 1.53. The number of nitrogens with zero attached hydrogens (tertiary/aromatic N) is 3. The van der Waals surface area contributed by atoms with Crippen LogP contribution in [-0.2, 0) is 0 Å². The lowest BCUT2D eigenvalue weighted by Gasteiger charge is -2.07. The van der Waals surface area contributed by atoms with Gasteiger partial charge in [0.25, 0.3) is 0 Å². The minimum Gasteiger partial charge on any atom is -0.380 e. The van der Waals surface area contributed by atoms with E-state index in [0.29, 0.717) is 6.04 Å². The summed E-state index contributed by atoms with van der Waals surface area (Å²) in [7, 11) is 0. The van der Waals surface area contributed by atoms with Crippen LogP contribution in [0.5, 0.6) is 0 Å². The van der Waals surface area contributed by atoms with Gasteiger partial charge in [0, 0.05) is 12.2 Å². The number of aromatic nitrogens is 3. The van der Waals surface area contributed by atoms with E-state index in [1.54, 1.807) is 12.4 Å². The Labute approximate surface area is 95.3 Å². The van der Waals surface area contributed by atoms with E-state index in [1.165, 1.54) is 0 Å². The van der Waals surface area contributed by atoms with E-state index < -0.39 is 0 Å². The fourth-order valence-corrected chi connectivity index (χ4v) is 1.53. The highest BCUT2D eigenvalue weighted by atomic mass is 15.3. The maximum atomic E-state index is 4.45. The topological polar surface area (TPSA) is 42.7 Å². The molecule has 2 aromatic rings. The molecule has 0 atom stereocenters. The molecule has 2 aromatic heterocycles. The van der Waals surface area contributed by atoms with Gasteiger partial charge in [0.15, 0.2) is 0 Å². The van der Waals surface area contributed by atoms with Crippen molar-refractivity contribution < 1.29 is 0 Å². The normalized spacial score (nSPS) is 10.8. The van der Waals surface area contributed by atoms with Crippen molar-refractivity contribution in [3.63, 3.8) is 0 Å². The van der Waals surface area contributed by atoms with E-state index in [9.17, 15) is 0 Å². The molecule has 0 aliphatic carbocycles. The van der Waals surface area contributed by atoms with E-state index >= 15 is 0 Å². The summed E-state index contributed by atoms with van der Waals surface area (Å²) in [5.74, 6) is 0. The maximum absolute atomic E-state index is 4.45. The number of anilines is 1. The van der Waals surface area contributed by atoms with Gasteiger partial charge in [-0.05, 0) is 32.9 Å². The second kappa shape index (κ2) is 4.35. The molecule has 0 unspecified atom stereocenters. The Balaban J connectivity index is 2.31. The van der Waals surface area contributed by atoms with Crippen molar-refractivity contribution >= 4 is 5.69 Å². The van der Waals surface area contributed by atoms with Gasteiger partial charge in [-0.25, -0.2) is 4.68 Å². The molecule has 0 fully saturated rings. The minimum atomic E-state index is 0.408. The van der Waals surface area contributed by atoms with E-state index in [2.05, 4.69) is 29.2 Å². The molecule has 1 N–H and O–H groups in total. The first-order valence-electron chi connectivity index (χ1n) is 5.40. The summed E-state index contributed by atoms with van der Waals surface area (Å²) >= 11 is 0. The zero-order valence-electron chi connectivity index (χ0n) is 9.81. The van der Waals surface area contributed by atoms with Crippen molar-refractivity contribution in [1.82, 2.24) is 14.8 Å². The van der Waals surface area contributed by atoms with Crippen LogP contribution >= 0.6 is 0 Å². The van der Waals surface area contributed by atoms with Gasteiger partial charge >= 0.3 is 0 Å². The van der Waals surface area contributed by atoms with Crippen molar-refractivity contribution in [3.05, 3.63) is 36.4 Å². The summed E-state index contributed by atoms with van der Waals surface area (Å²) in [6, 6.07) is 4.30. The van der Waals surface area contributed by atoms with Gasteiger partial charge in [0.1, 0.15) is 0 Å². The van der Waals surface area contributed by atoms with E-state index in [4.69, 9.17) is 0 Å². The highest BCUT2D eigenvalue weighted by Gasteiger charge is 2.06. The molecule has 84 valence electrons. The third kappa shape index (κ3) is 2.21. The molecular weight excluding hydrogens is 200 g/mol. The molecular formula is C12H16N4. The van der Waals surface area contributed by atoms with E-state index in [-0.39, 0.29) is 0 Å². The van der Waals surface area contributed by atoms with Crippen molar-refractivity contribution in [2.75, 3.05) is 5.32 Å². The standard InChI is InChI=1S/C12H16N4/c1-9(2)14-12-8-16(15-10(12)3)11-5-4-6-13-7-11/h4-9,14H,1-3H3. The molecule has 2 heterocycles. The molecule has 0 saturated carbocycles. The summed E-state index contributed by atoms with van der Waals surface area (Å²) < 4.78 is 1.84. The van der Waals surface area contributed by atoms with E-state index in [0.717, 1.165) is 17.1 Å². The van der Waals surface area contributed by atoms with Crippen LogP contribution in [0.1, 0.15) is 19.5 Å². The Kier molecular flexibility index (Phi) is 2.90. The molecule has 0 bridgehead atoms. The molecule has 16 heavy (non-hydrogen) atoms. The Hall–Kier alpha value is -1.84. The number of hydrogen-bond acceptors (Lipinski definition) is 3. The van der Waals surface area contributed by atoms with Crippen molar-refractivity contribution in [1.29, 1.82) is 0 Å². The van der Waals surface area contributed by atoms with Gasteiger partial charge in [-0.3, -0.25) is 4.98 Å². The largest absolute Gasteiger partial charge is 0.380 e. The number of rotatable bonds is 3. The SMILES string of the molecule is Cc1nn(-c2cccnc2)cc1NC(C)C. The Morgan fingerprint density at radius 1 is 1.38 bits per heavy atom. The average molecular weight is 216 g/mol. The fraction of sp³-hybridized carbons (Fsp3) is 0.333. The maximum Gasteiger partial charge on any atom is 0.0829 e. The van der Waals surface area contributed by atoms with Crippen molar-refractivity contribution in [2.45, 2.75) is 26.8 Å². The summed E-state index contributed by atoms with van der Waals surface area (Å²) in [6.07, 6.45) is 5.55. The van der Waals surface area contributed by atoms with Crippen LogP contribution in [0.3, 0.4) is 0 Å². The third-order valence-electron chi connectivity index (χ3n) is 2.25. The lowest BCUT2D eigenvalue weighted by Crippen LogP contribution is -2.09. The second-order valence-corrected chi connectivity index (χ2v) is 4.08. The molecule has 2 rings (SSSR count). The summed E-state index contributed by atoms with van der Waals surface area (Å²) in [5.41, 5.74) is 3.04. The van der Waals surface area contributed by atoms with E-state index in [1.807, 2.05) is 29.9 Å². The van der Waals surface area contributed by atoms with Crippen LogP contribution in [0.25, 0.3) is 5.69 Å². The van der Waals surface area contributed by atoms with Gasteiger partial charge < -0.3 is 5.32 Å². The third-order valence-corrected chi connectivity index (χ3v) is 2.25. The first-order chi connectivity index (χ1) is 7.66.